The third kappa shape index (κ3) is 11.5. The van der Waals surface area contributed by atoms with E-state index in [0.29, 0.717) is 12.5 Å². The Balaban J connectivity index is 2.83. The van der Waals surface area contributed by atoms with Crippen molar-refractivity contribution in [3.63, 3.8) is 0 Å². The van der Waals surface area contributed by atoms with E-state index in [4.69, 9.17) is 13.6 Å². The van der Waals surface area contributed by atoms with Gasteiger partial charge in [-0.1, -0.05) is 84.9 Å². The number of hydrogen-bond donors (Lipinski definition) is 0. The molecule has 0 bridgehead atoms. The molecule has 0 aliphatic rings. The highest BCUT2D eigenvalue weighted by Gasteiger charge is 2.40. The minimum atomic E-state index is -1.87. The Hall–Kier alpha value is -0.726. The van der Waals surface area contributed by atoms with E-state index < -0.39 is 16.6 Å². The van der Waals surface area contributed by atoms with E-state index in [0.717, 1.165) is 32.3 Å². The predicted molar refractivity (Wildman–Crippen MR) is 158 cm³/mol. The first-order chi connectivity index (χ1) is 16.0. The molecule has 0 heterocycles. The van der Waals surface area contributed by atoms with E-state index in [9.17, 15) is 0 Å². The second kappa shape index (κ2) is 13.7. The Bertz CT molecular complexity index is 732. The summed E-state index contributed by atoms with van der Waals surface area (Å²) in [6.07, 6.45) is 6.37. The van der Waals surface area contributed by atoms with Crippen LogP contribution in [-0.4, -0.2) is 35.4 Å². The van der Waals surface area contributed by atoms with Gasteiger partial charge in [0.2, 0.25) is 0 Å². The normalized spacial score (nSPS) is 16.1. The Morgan fingerprint density at radius 3 is 1.80 bits per heavy atom. The Morgan fingerprint density at radius 1 is 0.829 bits per heavy atom. The zero-order chi connectivity index (χ0) is 26.9. The van der Waals surface area contributed by atoms with Crippen molar-refractivity contribution >= 4 is 16.6 Å². The maximum atomic E-state index is 6.93. The molecule has 5 heteroatoms. The van der Waals surface area contributed by atoms with Crippen molar-refractivity contribution in [1.82, 2.24) is 0 Å². The Kier molecular flexibility index (Phi) is 12.7. The molecule has 0 N–H and O–H groups in total. The van der Waals surface area contributed by atoms with Gasteiger partial charge in [0.05, 0.1) is 6.61 Å². The molecule has 0 saturated heterocycles. The zero-order valence-electron chi connectivity index (χ0n) is 24.9. The molecule has 35 heavy (non-hydrogen) atoms. The summed E-state index contributed by atoms with van der Waals surface area (Å²) in [5.41, 5.74) is 1.22. The highest BCUT2D eigenvalue weighted by molar-refractivity contribution is 6.74. The maximum Gasteiger partial charge on any atom is 0.192 e. The Morgan fingerprint density at radius 2 is 1.31 bits per heavy atom. The fourth-order valence-electron chi connectivity index (χ4n) is 3.76. The van der Waals surface area contributed by atoms with Crippen LogP contribution in [0.15, 0.2) is 43.0 Å². The van der Waals surface area contributed by atoms with E-state index in [1.165, 1.54) is 5.56 Å². The molecule has 0 aliphatic carbocycles. The van der Waals surface area contributed by atoms with Crippen LogP contribution in [-0.2, 0) is 20.2 Å². The summed E-state index contributed by atoms with van der Waals surface area (Å²) in [6, 6.07) is 10.4. The summed E-state index contributed by atoms with van der Waals surface area (Å²) in [5.74, 6) is 0.508. The molecule has 0 aliphatic heterocycles. The molecule has 202 valence electrons. The average Bonchev–Trinajstić information content (AvgIpc) is 2.69. The van der Waals surface area contributed by atoms with Crippen LogP contribution >= 0.6 is 0 Å². The molecule has 0 amide bonds. The quantitative estimate of drug-likeness (QED) is 0.131. The van der Waals surface area contributed by atoms with Crippen molar-refractivity contribution in [3.05, 3.63) is 48.6 Å². The first-order valence-electron chi connectivity index (χ1n) is 13.6. The van der Waals surface area contributed by atoms with Gasteiger partial charge in [-0.2, -0.15) is 0 Å². The van der Waals surface area contributed by atoms with Gasteiger partial charge in [0, 0.05) is 18.8 Å². The van der Waals surface area contributed by atoms with Crippen LogP contribution < -0.4 is 0 Å². The maximum absolute atomic E-state index is 6.93. The van der Waals surface area contributed by atoms with Crippen molar-refractivity contribution in [2.24, 2.45) is 5.92 Å². The van der Waals surface area contributed by atoms with E-state index in [2.05, 4.69) is 105 Å². The lowest BCUT2D eigenvalue weighted by Gasteiger charge is -2.41. The second-order valence-electron chi connectivity index (χ2n) is 13.4. The molecule has 1 aromatic rings. The summed E-state index contributed by atoms with van der Waals surface area (Å²) in [6.45, 7) is 31.0. The van der Waals surface area contributed by atoms with Crippen LogP contribution in [0.5, 0.6) is 0 Å². The van der Waals surface area contributed by atoms with Crippen molar-refractivity contribution in [1.29, 1.82) is 0 Å². The molecule has 0 fully saturated rings. The lowest BCUT2D eigenvalue weighted by atomic mass is 9.95. The van der Waals surface area contributed by atoms with Gasteiger partial charge in [-0.25, -0.2) is 0 Å². The molecule has 0 unspecified atom stereocenters. The van der Waals surface area contributed by atoms with Crippen LogP contribution in [0.25, 0.3) is 0 Å². The molecule has 1 rings (SSSR count). The summed E-state index contributed by atoms with van der Waals surface area (Å²) in [7, 11) is -3.70. The summed E-state index contributed by atoms with van der Waals surface area (Å²) >= 11 is 0. The smallest absolute Gasteiger partial charge is 0.192 e. The summed E-state index contributed by atoms with van der Waals surface area (Å²) < 4.78 is 19.8. The van der Waals surface area contributed by atoms with Gasteiger partial charge in [-0.3, -0.25) is 0 Å². The lowest BCUT2D eigenvalue weighted by Crippen LogP contribution is -2.45. The number of ether oxygens (including phenoxy) is 1. The van der Waals surface area contributed by atoms with Gasteiger partial charge in [0.15, 0.2) is 16.6 Å². The van der Waals surface area contributed by atoms with Gasteiger partial charge in [-0.15, -0.1) is 6.58 Å². The largest absolute Gasteiger partial charge is 0.414 e. The third-order valence-electron chi connectivity index (χ3n) is 7.99. The summed E-state index contributed by atoms with van der Waals surface area (Å²) in [4.78, 5) is 0. The number of benzene rings is 1. The summed E-state index contributed by atoms with van der Waals surface area (Å²) in [5, 5.41) is 0.399. The van der Waals surface area contributed by atoms with E-state index in [-0.39, 0.29) is 22.3 Å². The molecule has 0 radical (unpaired) electrons. The highest BCUT2D eigenvalue weighted by Crippen LogP contribution is 2.40. The first-order valence-corrected chi connectivity index (χ1v) is 19.4. The van der Waals surface area contributed by atoms with Crippen LogP contribution in [0.2, 0.25) is 36.3 Å². The van der Waals surface area contributed by atoms with Crippen molar-refractivity contribution < 1.29 is 13.6 Å². The number of rotatable bonds is 15. The molecule has 1 aromatic carbocycles. The monoisotopic (exact) mass is 520 g/mol. The fourth-order valence-corrected chi connectivity index (χ4v) is 6.54. The average molecular weight is 521 g/mol. The predicted octanol–water partition coefficient (Wildman–Crippen LogP) is 9.37. The van der Waals surface area contributed by atoms with Crippen molar-refractivity contribution in [3.8, 4) is 0 Å². The van der Waals surface area contributed by atoms with Crippen LogP contribution in [0, 0.1) is 5.92 Å². The van der Waals surface area contributed by atoms with Gasteiger partial charge >= 0.3 is 0 Å². The van der Waals surface area contributed by atoms with E-state index in [1.54, 1.807) is 0 Å². The topological polar surface area (TPSA) is 27.7 Å². The molecule has 3 nitrogen and oxygen atoms in total. The van der Waals surface area contributed by atoms with Gasteiger partial charge in [0.25, 0.3) is 0 Å². The van der Waals surface area contributed by atoms with Crippen molar-refractivity contribution in [2.75, 3.05) is 6.61 Å². The molecule has 3 atom stereocenters. The molecule has 0 aromatic heterocycles. The standard InChI is InChI=1S/C30H56O3Si2/c1-13-17-27(32-34(9,10)29(3,4)5)22-25(2)23-28(33-35(11,12)30(6,7)8)20-21-31-24-26-18-15-14-16-19-26/h13-16,18-19,25,27-28H,1,17,20-24H2,2-12H3/t25-,27-,28+/m0/s1. The highest BCUT2D eigenvalue weighted by atomic mass is 28.4. The van der Waals surface area contributed by atoms with Crippen LogP contribution in [0.3, 0.4) is 0 Å². The minimum absolute atomic E-state index is 0.191. The van der Waals surface area contributed by atoms with Gasteiger partial charge in [-0.05, 0) is 73.4 Å². The van der Waals surface area contributed by atoms with Crippen molar-refractivity contribution in [2.45, 2.75) is 129 Å². The van der Waals surface area contributed by atoms with Gasteiger partial charge in [0.1, 0.15) is 0 Å². The van der Waals surface area contributed by atoms with Crippen LogP contribution in [0.4, 0.5) is 0 Å². The minimum Gasteiger partial charge on any atom is -0.414 e. The lowest BCUT2D eigenvalue weighted by molar-refractivity contribution is 0.0630. The SMILES string of the molecule is C=CC[C@@H](C[C@H](C)C[C@@H](CCOCc1ccccc1)O[Si](C)(C)C(C)(C)C)O[Si](C)(C)C(C)(C)C. The third-order valence-corrected chi connectivity index (χ3v) is 17.1. The fraction of sp³-hybridized carbons (Fsp3) is 0.733. The molecule has 0 saturated carbocycles. The molecular weight excluding hydrogens is 464 g/mol. The molecular formula is C30H56O3Si2. The Labute approximate surface area is 220 Å². The second-order valence-corrected chi connectivity index (χ2v) is 22.9. The van der Waals surface area contributed by atoms with Crippen LogP contribution in [0.1, 0.15) is 79.7 Å². The van der Waals surface area contributed by atoms with E-state index in [1.807, 2.05) is 12.1 Å². The first kappa shape index (κ1) is 32.3. The molecule has 0 spiro atoms. The zero-order valence-corrected chi connectivity index (χ0v) is 26.9. The number of hydrogen-bond acceptors (Lipinski definition) is 3. The van der Waals surface area contributed by atoms with Gasteiger partial charge < -0.3 is 13.6 Å². The van der Waals surface area contributed by atoms with E-state index >= 15 is 0 Å².